The van der Waals surface area contributed by atoms with Gasteiger partial charge in [-0.15, -0.1) is 10.2 Å². The molecule has 2 N–H and O–H groups in total. The summed E-state index contributed by atoms with van der Waals surface area (Å²) >= 11 is 1.49. The van der Waals surface area contributed by atoms with Crippen LogP contribution in [0.15, 0.2) is 30.4 Å². The van der Waals surface area contributed by atoms with Gasteiger partial charge in [-0.2, -0.15) is 5.10 Å². The summed E-state index contributed by atoms with van der Waals surface area (Å²) in [6.45, 7) is 11.2. The van der Waals surface area contributed by atoms with E-state index in [9.17, 15) is 0 Å². The van der Waals surface area contributed by atoms with Gasteiger partial charge in [-0.25, -0.2) is 4.98 Å². The first-order chi connectivity index (χ1) is 13.8. The molecule has 1 aliphatic heterocycles. The number of aromatic nitrogens is 5. The molecule has 0 atom stereocenters. The van der Waals surface area contributed by atoms with Crippen LogP contribution in [0.3, 0.4) is 0 Å². The molecule has 9 heteroatoms. The number of anilines is 3. The van der Waals surface area contributed by atoms with Crippen molar-refractivity contribution in [2.45, 2.75) is 20.3 Å². The lowest BCUT2D eigenvalue weighted by Gasteiger charge is -2.29. The summed E-state index contributed by atoms with van der Waals surface area (Å²) in [4.78, 5) is 7.02. The van der Waals surface area contributed by atoms with Crippen molar-refractivity contribution in [1.29, 1.82) is 0 Å². The van der Waals surface area contributed by atoms with Gasteiger partial charge < -0.3 is 15.0 Å². The maximum atomic E-state index is 5.45. The Bertz CT molecular complexity index is 859. The summed E-state index contributed by atoms with van der Waals surface area (Å²) in [5, 5.41) is 19.2. The Hall–Kier alpha value is -2.78. The molecule has 3 aromatic heterocycles. The third-order valence-electron chi connectivity index (χ3n) is 3.93. The molecule has 0 radical (unpaired) electrons. The summed E-state index contributed by atoms with van der Waals surface area (Å²) in [5.74, 6) is 2.34. The molecule has 4 rings (SSSR count). The third-order valence-corrected chi connectivity index (χ3v) is 4.65. The van der Waals surface area contributed by atoms with E-state index >= 15 is 0 Å². The van der Waals surface area contributed by atoms with Crippen LogP contribution in [-0.4, -0.2) is 51.7 Å². The molecule has 0 aliphatic carbocycles. The monoisotopic (exact) mass is 399 g/mol. The second-order valence-corrected chi connectivity index (χ2v) is 6.97. The van der Waals surface area contributed by atoms with E-state index in [2.05, 4.69) is 51.0 Å². The topological polar surface area (TPSA) is 91.8 Å². The van der Waals surface area contributed by atoms with Crippen molar-refractivity contribution in [2.75, 3.05) is 36.5 Å². The number of ether oxygens (including phenoxy) is 1. The largest absolute Gasteiger partial charge is 0.378 e. The average molecular weight is 400 g/mol. The molecular weight excluding hydrogens is 374 g/mol. The second kappa shape index (κ2) is 9.95. The molecule has 148 valence electrons. The normalized spacial score (nSPS) is 13.6. The van der Waals surface area contributed by atoms with Crippen LogP contribution < -0.4 is 10.2 Å². The molecule has 1 aliphatic rings. The summed E-state index contributed by atoms with van der Waals surface area (Å²) in [6, 6.07) is 3.89. The van der Waals surface area contributed by atoms with E-state index in [4.69, 9.17) is 9.72 Å². The van der Waals surface area contributed by atoms with Crippen molar-refractivity contribution in [3.63, 3.8) is 0 Å². The Balaban J connectivity index is 0.000000706. The van der Waals surface area contributed by atoms with Crippen molar-refractivity contribution in [3.05, 3.63) is 36.0 Å². The molecule has 0 bridgehead atoms. The molecule has 0 spiro atoms. The first kappa shape index (κ1) is 20.0. The summed E-state index contributed by atoms with van der Waals surface area (Å²) in [6.07, 6.45) is 4.72. The van der Waals surface area contributed by atoms with Gasteiger partial charge in [-0.1, -0.05) is 44.3 Å². The van der Waals surface area contributed by atoms with Crippen molar-refractivity contribution in [2.24, 2.45) is 0 Å². The Morgan fingerprint density at radius 1 is 1.36 bits per heavy atom. The number of nitrogens with one attached hydrogen (secondary N) is 2. The van der Waals surface area contributed by atoms with Crippen LogP contribution in [-0.2, 0) is 4.74 Å². The second-order valence-electron chi connectivity index (χ2n) is 6.14. The molecule has 1 fully saturated rings. The minimum absolute atomic E-state index is 0.697. The predicted octanol–water partition coefficient (Wildman–Crippen LogP) is 3.96. The van der Waals surface area contributed by atoms with Crippen LogP contribution in [0.25, 0.3) is 16.6 Å². The number of aromatic amines is 1. The number of rotatable bonds is 5. The highest BCUT2D eigenvalue weighted by Crippen LogP contribution is 2.34. The third kappa shape index (κ3) is 4.73. The summed E-state index contributed by atoms with van der Waals surface area (Å²) in [7, 11) is 0. The predicted molar refractivity (Wildman–Crippen MR) is 114 cm³/mol. The molecule has 0 amide bonds. The fourth-order valence-electron chi connectivity index (χ4n) is 2.72. The van der Waals surface area contributed by atoms with E-state index in [0.29, 0.717) is 19.0 Å². The molecule has 0 aromatic carbocycles. The van der Waals surface area contributed by atoms with Crippen LogP contribution in [0.4, 0.5) is 17.5 Å². The number of hydrogen-bond acceptors (Lipinski definition) is 8. The van der Waals surface area contributed by atoms with E-state index in [1.54, 1.807) is 17.8 Å². The molecule has 28 heavy (non-hydrogen) atoms. The Labute approximate surface area is 168 Å². The standard InChI is InChI=1S/C16H17N7OS.C3H8/c1-2-11-12(16-22-18-10-25-16)9-14(23-5-7-24-8-6-23)20-15(11)19-13-3-4-17-21-13;1-3-2/h2-4,9-10H,1,5-8H2,(H2,17,19,20,21);3H2,1-2H3. The number of pyridine rings is 1. The van der Waals surface area contributed by atoms with Crippen LogP contribution in [0, 0.1) is 0 Å². The van der Waals surface area contributed by atoms with Gasteiger partial charge >= 0.3 is 0 Å². The first-order valence-electron chi connectivity index (χ1n) is 9.29. The van der Waals surface area contributed by atoms with E-state index in [1.165, 1.54) is 17.8 Å². The Kier molecular flexibility index (Phi) is 7.10. The van der Waals surface area contributed by atoms with Crippen molar-refractivity contribution >= 4 is 34.9 Å². The van der Waals surface area contributed by atoms with Gasteiger partial charge in [-0.05, 0) is 6.07 Å². The fourth-order valence-corrected chi connectivity index (χ4v) is 3.30. The maximum Gasteiger partial charge on any atom is 0.148 e. The smallest absolute Gasteiger partial charge is 0.148 e. The molecule has 1 saturated heterocycles. The molecule has 3 aromatic rings. The molecular formula is C19H25N7OS. The zero-order chi connectivity index (χ0) is 19.8. The summed E-state index contributed by atoms with van der Waals surface area (Å²) < 4.78 is 5.45. The molecule has 0 unspecified atom stereocenters. The van der Waals surface area contributed by atoms with Gasteiger partial charge in [0.05, 0.1) is 19.4 Å². The lowest BCUT2D eigenvalue weighted by molar-refractivity contribution is 0.122. The minimum Gasteiger partial charge on any atom is -0.378 e. The molecule has 0 saturated carbocycles. The number of nitrogens with zero attached hydrogens (tertiary/aromatic N) is 5. The highest BCUT2D eigenvalue weighted by Gasteiger charge is 2.19. The highest BCUT2D eigenvalue weighted by atomic mass is 32.1. The van der Waals surface area contributed by atoms with Crippen LogP contribution in [0.2, 0.25) is 0 Å². The van der Waals surface area contributed by atoms with Gasteiger partial charge in [-0.3, -0.25) is 5.10 Å². The van der Waals surface area contributed by atoms with Crippen LogP contribution in [0.1, 0.15) is 25.8 Å². The minimum atomic E-state index is 0.697. The number of hydrogen-bond donors (Lipinski definition) is 2. The van der Waals surface area contributed by atoms with E-state index < -0.39 is 0 Å². The van der Waals surface area contributed by atoms with Crippen molar-refractivity contribution < 1.29 is 4.74 Å². The van der Waals surface area contributed by atoms with E-state index in [-0.39, 0.29) is 0 Å². The van der Waals surface area contributed by atoms with Gasteiger partial charge in [0.2, 0.25) is 0 Å². The van der Waals surface area contributed by atoms with Gasteiger partial charge in [0, 0.05) is 30.3 Å². The highest BCUT2D eigenvalue weighted by molar-refractivity contribution is 7.12. The fraction of sp³-hybridized carbons (Fsp3) is 0.368. The van der Waals surface area contributed by atoms with Gasteiger partial charge in [0.25, 0.3) is 0 Å². The Morgan fingerprint density at radius 2 is 2.14 bits per heavy atom. The maximum absolute atomic E-state index is 5.45. The zero-order valence-electron chi connectivity index (χ0n) is 16.2. The van der Waals surface area contributed by atoms with Crippen molar-refractivity contribution in [3.8, 4) is 10.6 Å². The quantitative estimate of drug-likeness (QED) is 0.671. The van der Waals surface area contributed by atoms with Crippen molar-refractivity contribution in [1.82, 2.24) is 25.4 Å². The van der Waals surface area contributed by atoms with Gasteiger partial charge in [0.1, 0.15) is 28.0 Å². The molecule has 8 nitrogen and oxygen atoms in total. The Morgan fingerprint density at radius 3 is 2.75 bits per heavy atom. The summed E-state index contributed by atoms with van der Waals surface area (Å²) in [5.41, 5.74) is 3.55. The van der Waals surface area contributed by atoms with Gasteiger partial charge in [0.15, 0.2) is 0 Å². The lowest BCUT2D eigenvalue weighted by Crippen LogP contribution is -2.36. The molecule has 4 heterocycles. The van der Waals surface area contributed by atoms with Crippen LogP contribution in [0.5, 0.6) is 0 Å². The van der Waals surface area contributed by atoms with E-state index in [1.807, 2.05) is 12.1 Å². The van der Waals surface area contributed by atoms with Crippen LogP contribution >= 0.6 is 11.3 Å². The van der Waals surface area contributed by atoms with E-state index in [0.717, 1.165) is 40.9 Å². The number of H-pyrrole nitrogens is 1. The average Bonchev–Trinajstić information content (AvgIpc) is 3.43. The number of morpholine rings is 1. The first-order valence-corrected chi connectivity index (χ1v) is 10.2. The zero-order valence-corrected chi connectivity index (χ0v) is 17.0. The SMILES string of the molecule is C=Cc1c(-c2nncs2)cc(N2CCOCC2)nc1Nc1ccn[nH]1.CCC. The lowest BCUT2D eigenvalue weighted by atomic mass is 10.1.